The Morgan fingerprint density at radius 1 is 1.25 bits per heavy atom. The Morgan fingerprint density at radius 2 is 1.88 bits per heavy atom. The molecule has 1 saturated heterocycles. The van der Waals surface area contributed by atoms with Crippen molar-refractivity contribution in [2.75, 3.05) is 13.1 Å². The van der Waals surface area contributed by atoms with Gasteiger partial charge in [0, 0.05) is 30.3 Å². The zero-order valence-corrected chi connectivity index (χ0v) is 16.1. The van der Waals surface area contributed by atoms with Gasteiger partial charge in [-0.15, -0.1) is 0 Å². The van der Waals surface area contributed by atoms with E-state index in [1.54, 1.807) is 11.1 Å². The molecule has 1 amide bonds. The number of amides is 1. The van der Waals surface area contributed by atoms with Crippen LogP contribution in [0.25, 0.3) is 0 Å². The third kappa shape index (κ3) is 3.59. The Bertz CT molecular complexity index is 608. The van der Waals surface area contributed by atoms with Crippen LogP contribution in [0.2, 0.25) is 0 Å². The zero-order valence-electron chi connectivity index (χ0n) is 14.5. The number of likely N-dealkylation sites (tertiary alicyclic amines) is 1. The quantitative estimate of drug-likeness (QED) is 0.732. The van der Waals surface area contributed by atoms with Crippen molar-refractivity contribution in [3.63, 3.8) is 0 Å². The Hall–Kier alpha value is -1.14. The summed E-state index contributed by atoms with van der Waals surface area (Å²) < 4.78 is 6.19. The molecule has 5 nitrogen and oxygen atoms in total. The van der Waals surface area contributed by atoms with Crippen molar-refractivity contribution < 1.29 is 14.6 Å². The first kappa shape index (κ1) is 17.7. The van der Waals surface area contributed by atoms with E-state index in [1.807, 2.05) is 32.9 Å². The molecule has 0 bridgehead atoms. The molecule has 0 unspecified atom stereocenters. The number of hydrogen-bond acceptors (Lipinski definition) is 4. The van der Waals surface area contributed by atoms with Crippen LogP contribution in [-0.2, 0) is 10.3 Å². The fourth-order valence-electron chi connectivity index (χ4n) is 3.67. The summed E-state index contributed by atoms with van der Waals surface area (Å²) in [5, 5.41) is 11.0. The van der Waals surface area contributed by atoms with Gasteiger partial charge in [-0.2, -0.15) is 0 Å². The summed E-state index contributed by atoms with van der Waals surface area (Å²) in [6.45, 7) is 7.11. The first-order valence-corrected chi connectivity index (χ1v) is 9.23. The molecule has 24 heavy (non-hydrogen) atoms. The number of halogens is 1. The maximum Gasteiger partial charge on any atom is 0.410 e. The molecular formula is C18H25BrN2O3. The van der Waals surface area contributed by atoms with Crippen LogP contribution in [0.3, 0.4) is 0 Å². The normalized spacial score (nSPS) is 22.1. The van der Waals surface area contributed by atoms with Crippen molar-refractivity contribution in [3.8, 4) is 0 Å². The molecule has 2 heterocycles. The van der Waals surface area contributed by atoms with E-state index in [1.165, 1.54) is 0 Å². The lowest BCUT2D eigenvalue weighted by atomic mass is 9.63. The number of rotatable bonds is 1. The summed E-state index contributed by atoms with van der Waals surface area (Å²) in [5.74, 6) is 0. The topological polar surface area (TPSA) is 62.7 Å². The number of carbonyl (C=O) groups is 1. The third-order valence-corrected chi connectivity index (χ3v) is 5.58. The SMILES string of the molecule is CC(C)(C)OC(=O)N1CC2(CCC(O)(c3ccc(Br)nc3)CC2)C1. The van der Waals surface area contributed by atoms with E-state index in [-0.39, 0.29) is 11.5 Å². The fourth-order valence-corrected chi connectivity index (χ4v) is 3.90. The monoisotopic (exact) mass is 396 g/mol. The van der Waals surface area contributed by atoms with E-state index in [9.17, 15) is 9.90 Å². The third-order valence-electron chi connectivity index (χ3n) is 5.11. The molecule has 6 heteroatoms. The molecule has 132 valence electrons. The lowest BCUT2D eigenvalue weighted by molar-refractivity contribution is -0.0964. The number of aromatic nitrogens is 1. The van der Waals surface area contributed by atoms with Gasteiger partial charge in [0.05, 0.1) is 5.60 Å². The van der Waals surface area contributed by atoms with Crippen LogP contribution in [0, 0.1) is 5.41 Å². The summed E-state index contributed by atoms with van der Waals surface area (Å²) >= 11 is 3.32. The van der Waals surface area contributed by atoms with E-state index in [0.29, 0.717) is 12.8 Å². The second-order valence-electron chi connectivity index (χ2n) is 8.24. The Balaban J connectivity index is 1.57. The van der Waals surface area contributed by atoms with E-state index in [4.69, 9.17) is 4.74 Å². The van der Waals surface area contributed by atoms with Crippen LogP contribution in [0.4, 0.5) is 4.79 Å². The molecule has 1 N–H and O–H groups in total. The van der Waals surface area contributed by atoms with Gasteiger partial charge in [0.25, 0.3) is 0 Å². The van der Waals surface area contributed by atoms with Crippen LogP contribution in [0.5, 0.6) is 0 Å². The molecule has 0 radical (unpaired) electrons. The molecule has 0 aromatic carbocycles. The first-order chi connectivity index (χ1) is 11.1. The molecule has 2 fully saturated rings. The minimum Gasteiger partial charge on any atom is -0.444 e. The van der Waals surface area contributed by atoms with Crippen LogP contribution in [0.1, 0.15) is 52.0 Å². The Morgan fingerprint density at radius 3 is 2.38 bits per heavy atom. The summed E-state index contributed by atoms with van der Waals surface area (Å²) in [5.41, 5.74) is -0.234. The number of aliphatic hydroxyl groups is 1. The summed E-state index contributed by atoms with van der Waals surface area (Å²) in [4.78, 5) is 18.1. The number of nitrogens with zero attached hydrogens (tertiary/aromatic N) is 2. The molecule has 1 aliphatic carbocycles. The van der Waals surface area contributed by atoms with Crippen LogP contribution >= 0.6 is 15.9 Å². The number of hydrogen-bond donors (Lipinski definition) is 1. The zero-order chi connectivity index (χ0) is 17.6. The van der Waals surface area contributed by atoms with Gasteiger partial charge < -0.3 is 14.7 Å². The molecule has 0 atom stereocenters. The molecule has 3 rings (SSSR count). The highest BCUT2D eigenvalue weighted by Crippen LogP contribution is 2.50. The van der Waals surface area contributed by atoms with Crippen molar-refractivity contribution in [1.29, 1.82) is 0 Å². The lowest BCUT2D eigenvalue weighted by Crippen LogP contribution is -2.61. The minimum atomic E-state index is -0.800. The van der Waals surface area contributed by atoms with Gasteiger partial charge in [-0.1, -0.05) is 6.07 Å². The first-order valence-electron chi connectivity index (χ1n) is 8.43. The predicted octanol–water partition coefficient (Wildman–Crippen LogP) is 3.84. The van der Waals surface area contributed by atoms with Gasteiger partial charge in [-0.3, -0.25) is 0 Å². The largest absolute Gasteiger partial charge is 0.444 e. The average molecular weight is 397 g/mol. The highest BCUT2D eigenvalue weighted by atomic mass is 79.9. The molecular weight excluding hydrogens is 372 g/mol. The van der Waals surface area contributed by atoms with Gasteiger partial charge in [0.2, 0.25) is 0 Å². The lowest BCUT2D eigenvalue weighted by Gasteiger charge is -2.54. The Kier molecular flexibility index (Phi) is 4.41. The average Bonchev–Trinajstić information content (AvgIpc) is 2.44. The maximum absolute atomic E-state index is 12.1. The van der Waals surface area contributed by atoms with Crippen molar-refractivity contribution in [1.82, 2.24) is 9.88 Å². The van der Waals surface area contributed by atoms with Gasteiger partial charge in [-0.05, 0) is 68.5 Å². The molecule has 1 spiro atoms. The molecule has 1 saturated carbocycles. The smallest absolute Gasteiger partial charge is 0.410 e. The Labute approximate surface area is 151 Å². The number of pyridine rings is 1. The summed E-state index contributed by atoms with van der Waals surface area (Å²) in [6, 6.07) is 3.80. The van der Waals surface area contributed by atoms with Crippen molar-refractivity contribution in [2.45, 2.75) is 57.7 Å². The molecule has 1 aromatic heterocycles. The fraction of sp³-hybridized carbons (Fsp3) is 0.667. The summed E-state index contributed by atoms with van der Waals surface area (Å²) in [7, 11) is 0. The van der Waals surface area contributed by atoms with E-state index >= 15 is 0 Å². The second-order valence-corrected chi connectivity index (χ2v) is 9.05. The van der Waals surface area contributed by atoms with Gasteiger partial charge in [0.1, 0.15) is 10.2 Å². The van der Waals surface area contributed by atoms with Crippen molar-refractivity contribution in [2.24, 2.45) is 5.41 Å². The highest BCUT2D eigenvalue weighted by molar-refractivity contribution is 9.10. The second kappa shape index (κ2) is 5.99. The molecule has 2 aliphatic rings. The van der Waals surface area contributed by atoms with Gasteiger partial charge in [0.15, 0.2) is 0 Å². The highest BCUT2D eigenvalue weighted by Gasteiger charge is 2.51. The van der Waals surface area contributed by atoms with Crippen LogP contribution < -0.4 is 0 Å². The maximum atomic E-state index is 12.1. The predicted molar refractivity (Wildman–Crippen MR) is 94.5 cm³/mol. The summed E-state index contributed by atoms with van der Waals surface area (Å²) in [6.07, 6.45) is 4.76. The standard InChI is InChI=1S/C18H25BrN2O3/c1-16(2,3)24-15(22)21-11-17(12-21)6-8-18(23,9-7-17)13-4-5-14(19)20-10-13/h4-5,10,23H,6-9,11-12H2,1-3H3. The van der Waals surface area contributed by atoms with Crippen molar-refractivity contribution in [3.05, 3.63) is 28.5 Å². The number of ether oxygens (including phenoxy) is 1. The molecule has 1 aliphatic heterocycles. The van der Waals surface area contributed by atoms with E-state index in [0.717, 1.165) is 36.1 Å². The van der Waals surface area contributed by atoms with Gasteiger partial charge in [-0.25, -0.2) is 9.78 Å². The van der Waals surface area contributed by atoms with E-state index in [2.05, 4.69) is 20.9 Å². The van der Waals surface area contributed by atoms with Crippen molar-refractivity contribution >= 4 is 22.0 Å². The number of carbonyl (C=O) groups excluding carboxylic acids is 1. The van der Waals surface area contributed by atoms with Crippen LogP contribution in [0.15, 0.2) is 22.9 Å². The van der Waals surface area contributed by atoms with Gasteiger partial charge >= 0.3 is 6.09 Å². The molecule has 1 aromatic rings. The van der Waals surface area contributed by atoms with Crippen LogP contribution in [-0.4, -0.2) is 39.8 Å². The van der Waals surface area contributed by atoms with E-state index < -0.39 is 11.2 Å². The minimum absolute atomic E-state index is 0.145.